The van der Waals surface area contributed by atoms with Crippen LogP contribution in [0.3, 0.4) is 0 Å². The summed E-state index contributed by atoms with van der Waals surface area (Å²) < 4.78 is 16.4. The van der Waals surface area contributed by atoms with Crippen LogP contribution in [0.2, 0.25) is 0 Å². The summed E-state index contributed by atoms with van der Waals surface area (Å²) in [5.74, 6) is 0.579. The average molecular weight is 285 g/mol. The molecule has 0 aliphatic carbocycles. The number of esters is 1. The van der Waals surface area contributed by atoms with Crippen LogP contribution in [0.4, 0.5) is 0 Å². The van der Waals surface area contributed by atoms with E-state index in [1.807, 2.05) is 0 Å². The van der Waals surface area contributed by atoms with E-state index in [2.05, 4.69) is 18.7 Å². The van der Waals surface area contributed by atoms with Crippen molar-refractivity contribution in [2.24, 2.45) is 11.8 Å². The fourth-order valence-electron chi connectivity index (χ4n) is 2.79. The van der Waals surface area contributed by atoms with E-state index in [0.29, 0.717) is 25.7 Å². The van der Waals surface area contributed by atoms with Gasteiger partial charge in [0.1, 0.15) is 12.7 Å². The van der Waals surface area contributed by atoms with Gasteiger partial charge in [-0.25, -0.2) is 0 Å². The zero-order valence-electron chi connectivity index (χ0n) is 12.7. The van der Waals surface area contributed by atoms with Gasteiger partial charge in [-0.3, -0.25) is 9.69 Å². The second kappa shape index (κ2) is 7.96. The SMILES string of the molecule is CC(C)CN1CCOC(COC(=O)C2CCOCC2)C1. The molecule has 0 saturated carbocycles. The lowest BCUT2D eigenvalue weighted by atomic mass is 10.0. The maximum atomic E-state index is 12.0. The lowest BCUT2D eigenvalue weighted by Gasteiger charge is -2.33. The number of carbonyl (C=O) groups is 1. The first-order valence-corrected chi connectivity index (χ1v) is 7.73. The highest BCUT2D eigenvalue weighted by atomic mass is 16.6. The molecule has 1 atom stereocenters. The molecule has 0 amide bonds. The van der Waals surface area contributed by atoms with Crippen LogP contribution in [0.15, 0.2) is 0 Å². The Morgan fingerprint density at radius 2 is 2.05 bits per heavy atom. The van der Waals surface area contributed by atoms with Gasteiger partial charge < -0.3 is 14.2 Å². The number of carbonyl (C=O) groups excluding carboxylic acids is 1. The van der Waals surface area contributed by atoms with E-state index in [-0.39, 0.29) is 18.0 Å². The van der Waals surface area contributed by atoms with Crippen molar-refractivity contribution in [2.45, 2.75) is 32.8 Å². The highest BCUT2D eigenvalue weighted by molar-refractivity contribution is 5.72. The third-order valence-electron chi connectivity index (χ3n) is 3.81. The largest absolute Gasteiger partial charge is 0.463 e. The average Bonchev–Trinajstić information content (AvgIpc) is 2.45. The maximum absolute atomic E-state index is 12.0. The molecule has 2 rings (SSSR count). The Balaban J connectivity index is 1.68. The van der Waals surface area contributed by atoms with Gasteiger partial charge in [0, 0.05) is 32.8 Å². The van der Waals surface area contributed by atoms with E-state index in [9.17, 15) is 4.79 Å². The van der Waals surface area contributed by atoms with Crippen molar-refractivity contribution >= 4 is 5.97 Å². The van der Waals surface area contributed by atoms with Crippen LogP contribution in [-0.2, 0) is 19.0 Å². The first kappa shape index (κ1) is 15.7. The number of nitrogens with zero attached hydrogens (tertiary/aromatic N) is 1. The Bertz CT molecular complexity index is 302. The zero-order valence-corrected chi connectivity index (χ0v) is 12.7. The third-order valence-corrected chi connectivity index (χ3v) is 3.81. The molecule has 2 aliphatic rings. The van der Waals surface area contributed by atoms with Gasteiger partial charge in [0.05, 0.1) is 12.5 Å². The third kappa shape index (κ3) is 5.04. The molecule has 0 aromatic rings. The van der Waals surface area contributed by atoms with E-state index in [1.165, 1.54) is 0 Å². The van der Waals surface area contributed by atoms with Crippen LogP contribution in [0.5, 0.6) is 0 Å². The fraction of sp³-hybridized carbons (Fsp3) is 0.933. The Labute approximate surface area is 121 Å². The minimum Gasteiger partial charge on any atom is -0.463 e. The summed E-state index contributed by atoms with van der Waals surface area (Å²) in [6, 6.07) is 0. The predicted molar refractivity (Wildman–Crippen MR) is 75.5 cm³/mol. The molecule has 5 heteroatoms. The lowest BCUT2D eigenvalue weighted by molar-refractivity contribution is -0.158. The van der Waals surface area contributed by atoms with E-state index in [1.54, 1.807) is 0 Å². The molecule has 0 aromatic carbocycles. The van der Waals surface area contributed by atoms with Crippen LogP contribution in [0, 0.1) is 11.8 Å². The fourth-order valence-corrected chi connectivity index (χ4v) is 2.79. The summed E-state index contributed by atoms with van der Waals surface area (Å²) in [4.78, 5) is 14.3. The Hall–Kier alpha value is -0.650. The van der Waals surface area contributed by atoms with Crippen molar-refractivity contribution in [2.75, 3.05) is 46.1 Å². The summed E-state index contributed by atoms with van der Waals surface area (Å²) >= 11 is 0. The number of rotatable bonds is 5. The van der Waals surface area contributed by atoms with Crippen LogP contribution in [-0.4, -0.2) is 63.0 Å². The van der Waals surface area contributed by atoms with Crippen LogP contribution >= 0.6 is 0 Å². The summed E-state index contributed by atoms with van der Waals surface area (Å²) in [7, 11) is 0. The summed E-state index contributed by atoms with van der Waals surface area (Å²) in [5.41, 5.74) is 0. The maximum Gasteiger partial charge on any atom is 0.309 e. The van der Waals surface area contributed by atoms with Gasteiger partial charge in [0.2, 0.25) is 0 Å². The Morgan fingerprint density at radius 1 is 1.30 bits per heavy atom. The van der Waals surface area contributed by atoms with E-state index < -0.39 is 0 Å². The van der Waals surface area contributed by atoms with Gasteiger partial charge in [-0.1, -0.05) is 13.8 Å². The van der Waals surface area contributed by atoms with Gasteiger partial charge in [0.15, 0.2) is 0 Å². The van der Waals surface area contributed by atoms with Crippen molar-refractivity contribution in [1.82, 2.24) is 4.90 Å². The van der Waals surface area contributed by atoms with Crippen molar-refractivity contribution in [3.05, 3.63) is 0 Å². The topological polar surface area (TPSA) is 48.0 Å². The van der Waals surface area contributed by atoms with Gasteiger partial charge in [0.25, 0.3) is 0 Å². The summed E-state index contributed by atoms with van der Waals surface area (Å²) in [5, 5.41) is 0. The molecule has 1 unspecified atom stereocenters. The number of hydrogen-bond acceptors (Lipinski definition) is 5. The van der Waals surface area contributed by atoms with Gasteiger partial charge in [-0.05, 0) is 18.8 Å². The van der Waals surface area contributed by atoms with Gasteiger partial charge in [-0.2, -0.15) is 0 Å². The molecule has 116 valence electrons. The molecule has 2 saturated heterocycles. The van der Waals surface area contributed by atoms with E-state index in [4.69, 9.17) is 14.2 Å². The van der Waals surface area contributed by atoms with Crippen molar-refractivity contribution in [1.29, 1.82) is 0 Å². The molecule has 0 N–H and O–H groups in total. The monoisotopic (exact) mass is 285 g/mol. The molecule has 0 radical (unpaired) electrons. The Kier molecular flexibility index (Phi) is 6.26. The first-order chi connectivity index (χ1) is 9.65. The van der Waals surface area contributed by atoms with Crippen LogP contribution < -0.4 is 0 Å². The van der Waals surface area contributed by atoms with Crippen LogP contribution in [0.25, 0.3) is 0 Å². The molecule has 2 aliphatic heterocycles. The molecule has 0 aromatic heterocycles. The molecule has 2 fully saturated rings. The molecule has 5 nitrogen and oxygen atoms in total. The minimum absolute atomic E-state index is 0.0131. The van der Waals surface area contributed by atoms with Gasteiger partial charge in [-0.15, -0.1) is 0 Å². The molecule has 0 spiro atoms. The van der Waals surface area contributed by atoms with Gasteiger partial charge >= 0.3 is 5.97 Å². The minimum atomic E-state index is -0.0853. The lowest BCUT2D eigenvalue weighted by Crippen LogP contribution is -2.46. The summed E-state index contributed by atoms with van der Waals surface area (Å²) in [6.07, 6.45) is 1.58. The highest BCUT2D eigenvalue weighted by Crippen LogP contribution is 2.17. The molecule has 2 heterocycles. The van der Waals surface area contributed by atoms with E-state index in [0.717, 1.165) is 39.1 Å². The molecular weight excluding hydrogens is 258 g/mol. The smallest absolute Gasteiger partial charge is 0.309 e. The molecular formula is C15H27NO4. The number of ether oxygens (including phenoxy) is 3. The predicted octanol–water partition coefficient (Wildman–Crippen LogP) is 1.31. The molecule has 0 bridgehead atoms. The Morgan fingerprint density at radius 3 is 2.75 bits per heavy atom. The van der Waals surface area contributed by atoms with Crippen molar-refractivity contribution in [3.63, 3.8) is 0 Å². The van der Waals surface area contributed by atoms with Crippen molar-refractivity contribution < 1.29 is 19.0 Å². The second-order valence-electron chi connectivity index (χ2n) is 6.16. The number of hydrogen-bond donors (Lipinski definition) is 0. The molecule has 20 heavy (non-hydrogen) atoms. The van der Waals surface area contributed by atoms with E-state index >= 15 is 0 Å². The first-order valence-electron chi connectivity index (χ1n) is 7.73. The standard InChI is InChI=1S/C15H27NO4/c1-12(2)9-16-5-8-19-14(10-16)11-20-15(17)13-3-6-18-7-4-13/h12-14H,3-11H2,1-2H3. The second-order valence-corrected chi connectivity index (χ2v) is 6.16. The highest BCUT2D eigenvalue weighted by Gasteiger charge is 2.26. The summed E-state index contributed by atoms with van der Waals surface area (Å²) in [6.45, 7) is 9.79. The zero-order chi connectivity index (χ0) is 14.4. The van der Waals surface area contributed by atoms with Crippen molar-refractivity contribution in [3.8, 4) is 0 Å². The normalized spacial score (nSPS) is 25.9. The number of morpholine rings is 1. The van der Waals surface area contributed by atoms with Crippen LogP contribution in [0.1, 0.15) is 26.7 Å². The quantitative estimate of drug-likeness (QED) is 0.713.